The summed E-state index contributed by atoms with van der Waals surface area (Å²) in [5.74, 6) is -1.76. The number of nitrogens with zero attached hydrogens (tertiary/aromatic N) is 1. The lowest BCUT2D eigenvalue weighted by atomic mass is 9.49. The fourth-order valence-electron chi connectivity index (χ4n) is 6.50. The molecule has 3 aliphatic carbocycles. The number of aliphatic hydroxyl groups excluding tert-OH is 1. The number of carbonyl (C=O) groups is 3. The highest BCUT2D eigenvalue weighted by Gasteiger charge is 2.79. The second-order valence-electron chi connectivity index (χ2n) is 7.55. The number of ether oxygens (including phenoxy) is 1. The molecule has 0 aromatic heterocycles. The van der Waals surface area contributed by atoms with E-state index >= 15 is 0 Å². The maximum Gasteiger partial charge on any atom is 0.321 e. The minimum Gasteiger partial charge on any atom is -0.468 e. The molecule has 6 nitrogen and oxygen atoms in total. The van der Waals surface area contributed by atoms with Crippen molar-refractivity contribution in [3.8, 4) is 0 Å². The fraction of sp³-hybridized carbons (Fsp3) is 0.824. The van der Waals surface area contributed by atoms with Crippen LogP contribution in [0, 0.1) is 22.7 Å². The van der Waals surface area contributed by atoms with E-state index < -0.39 is 29.3 Å². The molecule has 1 amide bonds. The first-order valence-electron chi connectivity index (χ1n) is 8.56. The zero-order valence-electron chi connectivity index (χ0n) is 13.6. The number of aliphatic hydroxyl groups is 1. The van der Waals surface area contributed by atoms with Gasteiger partial charge in [0.05, 0.1) is 19.1 Å². The summed E-state index contributed by atoms with van der Waals surface area (Å²) in [6, 6.07) is -0.251. The Morgan fingerprint density at radius 3 is 2.74 bits per heavy atom. The van der Waals surface area contributed by atoms with E-state index in [9.17, 15) is 19.5 Å². The molecule has 6 heteroatoms. The standard InChI is InChI=1S/C17H23NO5/c1-3-18-13-10-9(19)5-8-16(13)6-4-7-17(14(18)21,15(22)23-2)12(16)11(10)20/h10-13,20H,3-8H2,1-2H3/t10?,11?,12-,13+,16+,17-/m0/s1. The van der Waals surface area contributed by atoms with Crippen LogP contribution in [-0.2, 0) is 19.1 Å². The summed E-state index contributed by atoms with van der Waals surface area (Å²) in [7, 11) is 1.30. The predicted octanol–water partition coefficient (Wildman–Crippen LogP) is 0.517. The number of methoxy groups -OCH3 is 1. The number of ketones is 1. The van der Waals surface area contributed by atoms with E-state index in [1.54, 1.807) is 4.90 Å². The number of likely N-dealkylation sites (tertiary alicyclic amines) is 1. The number of Topliss-reactive ketones (excluding diaryl/α,β-unsaturated/α-hetero) is 1. The van der Waals surface area contributed by atoms with Gasteiger partial charge in [-0.3, -0.25) is 14.4 Å². The first-order valence-corrected chi connectivity index (χ1v) is 8.56. The van der Waals surface area contributed by atoms with E-state index in [4.69, 9.17) is 4.74 Å². The van der Waals surface area contributed by atoms with Crippen LogP contribution in [0.4, 0.5) is 0 Å². The summed E-state index contributed by atoms with van der Waals surface area (Å²) < 4.78 is 5.02. The highest BCUT2D eigenvalue weighted by Crippen LogP contribution is 2.70. The Morgan fingerprint density at radius 1 is 1.35 bits per heavy atom. The average Bonchev–Trinajstić information content (AvgIpc) is 2.69. The molecule has 126 valence electrons. The molecule has 3 saturated carbocycles. The Bertz CT molecular complexity index is 604. The fourth-order valence-corrected chi connectivity index (χ4v) is 6.50. The molecule has 0 aromatic carbocycles. The quantitative estimate of drug-likeness (QED) is 0.592. The van der Waals surface area contributed by atoms with Crippen LogP contribution in [0.1, 0.15) is 39.0 Å². The van der Waals surface area contributed by atoms with Crippen molar-refractivity contribution in [2.75, 3.05) is 13.7 Å². The normalized spacial score (nSPS) is 47.7. The van der Waals surface area contributed by atoms with Crippen LogP contribution in [0.2, 0.25) is 0 Å². The van der Waals surface area contributed by atoms with Crippen LogP contribution < -0.4 is 0 Å². The van der Waals surface area contributed by atoms with Gasteiger partial charge in [0.2, 0.25) is 5.91 Å². The molecular formula is C17H23NO5. The number of piperidine rings is 1. The summed E-state index contributed by atoms with van der Waals surface area (Å²) in [6.07, 6.45) is 2.22. The van der Waals surface area contributed by atoms with E-state index in [-0.39, 0.29) is 23.1 Å². The van der Waals surface area contributed by atoms with Gasteiger partial charge >= 0.3 is 5.97 Å². The third kappa shape index (κ3) is 1.42. The smallest absolute Gasteiger partial charge is 0.321 e. The van der Waals surface area contributed by atoms with Gasteiger partial charge in [0.1, 0.15) is 5.78 Å². The molecule has 1 N–H and O–H groups in total. The molecule has 4 rings (SSSR count). The third-order valence-corrected chi connectivity index (χ3v) is 7.08. The lowest BCUT2D eigenvalue weighted by molar-refractivity contribution is -0.197. The van der Waals surface area contributed by atoms with E-state index in [0.29, 0.717) is 25.8 Å². The largest absolute Gasteiger partial charge is 0.468 e. The number of carbonyl (C=O) groups excluding carboxylic acids is 3. The molecule has 1 spiro atoms. The first-order chi connectivity index (χ1) is 11.0. The summed E-state index contributed by atoms with van der Waals surface area (Å²) in [5.41, 5.74) is -1.62. The van der Waals surface area contributed by atoms with E-state index in [1.165, 1.54) is 7.11 Å². The monoisotopic (exact) mass is 321 g/mol. The van der Waals surface area contributed by atoms with E-state index in [0.717, 1.165) is 12.8 Å². The average molecular weight is 321 g/mol. The summed E-state index contributed by atoms with van der Waals surface area (Å²) in [4.78, 5) is 40.1. The maximum absolute atomic E-state index is 13.2. The van der Waals surface area contributed by atoms with Crippen molar-refractivity contribution in [2.45, 2.75) is 51.2 Å². The molecule has 5 bridgehead atoms. The van der Waals surface area contributed by atoms with Crippen molar-refractivity contribution in [3.05, 3.63) is 0 Å². The maximum atomic E-state index is 13.2. The predicted molar refractivity (Wildman–Crippen MR) is 79.1 cm³/mol. The summed E-state index contributed by atoms with van der Waals surface area (Å²) in [6.45, 7) is 2.33. The highest BCUT2D eigenvalue weighted by atomic mass is 16.5. The van der Waals surface area contributed by atoms with Gasteiger partial charge in [-0.2, -0.15) is 0 Å². The zero-order chi connectivity index (χ0) is 16.6. The summed E-state index contributed by atoms with van der Waals surface area (Å²) >= 11 is 0. The topological polar surface area (TPSA) is 83.9 Å². The Hall–Kier alpha value is -1.43. The number of esters is 1. The number of amides is 1. The van der Waals surface area contributed by atoms with Gasteiger partial charge in [0, 0.05) is 24.9 Å². The molecule has 1 saturated heterocycles. The Kier molecular flexibility index (Phi) is 3.00. The van der Waals surface area contributed by atoms with Gasteiger partial charge < -0.3 is 14.7 Å². The Labute approximate surface area is 135 Å². The van der Waals surface area contributed by atoms with Crippen LogP contribution in [-0.4, -0.2) is 53.5 Å². The molecule has 0 radical (unpaired) electrons. The lowest BCUT2D eigenvalue weighted by Gasteiger charge is -2.60. The van der Waals surface area contributed by atoms with E-state index in [2.05, 4.69) is 0 Å². The van der Waals surface area contributed by atoms with Crippen molar-refractivity contribution in [3.63, 3.8) is 0 Å². The molecule has 0 aromatic rings. The number of hydrogen-bond acceptors (Lipinski definition) is 5. The number of rotatable bonds is 2. The van der Waals surface area contributed by atoms with Crippen LogP contribution in [0.3, 0.4) is 0 Å². The zero-order valence-corrected chi connectivity index (χ0v) is 13.6. The van der Waals surface area contributed by atoms with Crippen molar-refractivity contribution < 1.29 is 24.2 Å². The van der Waals surface area contributed by atoms with Crippen LogP contribution in [0.5, 0.6) is 0 Å². The van der Waals surface area contributed by atoms with E-state index in [1.807, 2.05) is 6.92 Å². The van der Waals surface area contributed by atoms with Gasteiger partial charge in [-0.15, -0.1) is 0 Å². The minimum atomic E-state index is -1.31. The van der Waals surface area contributed by atoms with Gasteiger partial charge in [-0.05, 0) is 31.6 Å². The van der Waals surface area contributed by atoms with Crippen molar-refractivity contribution in [1.82, 2.24) is 4.90 Å². The second-order valence-corrected chi connectivity index (χ2v) is 7.55. The van der Waals surface area contributed by atoms with Crippen LogP contribution in [0.15, 0.2) is 0 Å². The van der Waals surface area contributed by atoms with Gasteiger partial charge in [-0.25, -0.2) is 0 Å². The lowest BCUT2D eigenvalue weighted by Crippen LogP contribution is -2.69. The molecule has 4 fully saturated rings. The molecule has 2 unspecified atom stereocenters. The Morgan fingerprint density at radius 2 is 2.09 bits per heavy atom. The highest BCUT2D eigenvalue weighted by molar-refractivity contribution is 6.05. The molecule has 6 atom stereocenters. The van der Waals surface area contributed by atoms with Crippen molar-refractivity contribution in [2.24, 2.45) is 22.7 Å². The second kappa shape index (κ2) is 4.56. The van der Waals surface area contributed by atoms with Crippen LogP contribution >= 0.6 is 0 Å². The number of hydrogen-bond donors (Lipinski definition) is 1. The Balaban J connectivity index is 1.98. The minimum absolute atomic E-state index is 0.0365. The molecular weight excluding hydrogens is 298 g/mol. The SMILES string of the molecule is CCN1C(=O)[C@]2(C(=O)OC)CCC[C@@]34CCC(=O)C(C(O)[C@H]23)[C@@H]14. The molecule has 1 heterocycles. The molecule has 23 heavy (non-hydrogen) atoms. The molecule has 1 aliphatic heterocycles. The summed E-state index contributed by atoms with van der Waals surface area (Å²) in [5, 5.41) is 11.0. The third-order valence-electron chi connectivity index (χ3n) is 7.08. The van der Waals surface area contributed by atoms with Crippen molar-refractivity contribution in [1.29, 1.82) is 0 Å². The van der Waals surface area contributed by atoms with Crippen LogP contribution in [0.25, 0.3) is 0 Å². The molecule has 4 aliphatic rings. The van der Waals surface area contributed by atoms with Gasteiger partial charge in [0.15, 0.2) is 5.41 Å². The van der Waals surface area contributed by atoms with Gasteiger partial charge in [0.25, 0.3) is 0 Å². The van der Waals surface area contributed by atoms with Crippen molar-refractivity contribution >= 4 is 17.7 Å². The first kappa shape index (κ1) is 15.1. The van der Waals surface area contributed by atoms with Gasteiger partial charge in [-0.1, -0.05) is 6.42 Å².